The second kappa shape index (κ2) is 15.9. The van der Waals surface area contributed by atoms with Crippen LogP contribution in [0, 0.1) is 0 Å². The van der Waals surface area contributed by atoms with E-state index in [4.69, 9.17) is 0 Å². The van der Waals surface area contributed by atoms with Gasteiger partial charge >= 0.3 is 0 Å². The molecule has 10 heavy (non-hydrogen) atoms. The summed E-state index contributed by atoms with van der Waals surface area (Å²) in [7, 11) is 0. The van der Waals surface area contributed by atoms with E-state index in [-0.39, 0.29) is 0 Å². The van der Waals surface area contributed by atoms with E-state index in [1.165, 1.54) is 25.9 Å². The summed E-state index contributed by atoms with van der Waals surface area (Å²) in [5, 5.41) is 3.28. The Balaban J connectivity index is 0. The standard InChI is InChI=1S/C6H15N.C3H6/c1-3-5-7-6-4-2;1-3-2/h7H,3-6H2,1-2H3;3H,1H2,2H3. The molecule has 1 heteroatoms. The molecule has 0 radical (unpaired) electrons. The molecule has 0 atom stereocenters. The Kier molecular flexibility index (Phi) is 19.7. The van der Waals surface area contributed by atoms with Crippen LogP contribution in [-0.2, 0) is 0 Å². The zero-order chi connectivity index (χ0) is 8.24. The van der Waals surface area contributed by atoms with Gasteiger partial charge in [0.15, 0.2) is 0 Å². The second-order valence-corrected chi connectivity index (χ2v) is 2.16. The third-order valence-corrected chi connectivity index (χ3v) is 0.854. The van der Waals surface area contributed by atoms with Crippen LogP contribution < -0.4 is 5.32 Å². The molecule has 0 bridgehead atoms. The first-order valence-corrected chi connectivity index (χ1v) is 4.11. The van der Waals surface area contributed by atoms with Crippen LogP contribution in [0.25, 0.3) is 0 Å². The maximum absolute atomic E-state index is 3.36. The van der Waals surface area contributed by atoms with Gasteiger partial charge in [-0.1, -0.05) is 19.9 Å². The molecule has 1 N–H and O–H groups in total. The molecule has 0 aliphatic heterocycles. The lowest BCUT2D eigenvalue weighted by Gasteiger charge is -1.95. The van der Waals surface area contributed by atoms with Gasteiger partial charge in [-0.3, -0.25) is 0 Å². The normalized spacial score (nSPS) is 7.90. The first-order valence-electron chi connectivity index (χ1n) is 4.11. The molecule has 0 saturated heterocycles. The third-order valence-electron chi connectivity index (χ3n) is 0.854. The fraction of sp³-hybridized carbons (Fsp3) is 0.778. The van der Waals surface area contributed by atoms with Crippen molar-refractivity contribution in [3.05, 3.63) is 12.7 Å². The minimum Gasteiger partial charge on any atom is -0.317 e. The van der Waals surface area contributed by atoms with Gasteiger partial charge in [0.2, 0.25) is 0 Å². The van der Waals surface area contributed by atoms with Crippen molar-refractivity contribution >= 4 is 0 Å². The van der Waals surface area contributed by atoms with Crippen LogP contribution in [0.2, 0.25) is 0 Å². The van der Waals surface area contributed by atoms with E-state index in [1.807, 2.05) is 6.92 Å². The molecule has 0 saturated carbocycles. The number of nitrogens with one attached hydrogen (secondary N) is 1. The molecule has 0 unspecified atom stereocenters. The second-order valence-electron chi connectivity index (χ2n) is 2.16. The van der Waals surface area contributed by atoms with Crippen molar-refractivity contribution in [1.82, 2.24) is 5.32 Å². The van der Waals surface area contributed by atoms with Crippen LogP contribution >= 0.6 is 0 Å². The summed E-state index contributed by atoms with van der Waals surface area (Å²) in [4.78, 5) is 0. The number of rotatable bonds is 4. The van der Waals surface area contributed by atoms with E-state index in [0.29, 0.717) is 0 Å². The van der Waals surface area contributed by atoms with E-state index in [2.05, 4.69) is 25.7 Å². The quantitative estimate of drug-likeness (QED) is 0.471. The first-order chi connectivity index (χ1) is 4.83. The van der Waals surface area contributed by atoms with Crippen LogP contribution in [0.15, 0.2) is 12.7 Å². The first kappa shape index (κ1) is 12.4. The number of hydrogen-bond donors (Lipinski definition) is 1. The van der Waals surface area contributed by atoms with Crippen molar-refractivity contribution < 1.29 is 0 Å². The van der Waals surface area contributed by atoms with Crippen LogP contribution in [0.5, 0.6) is 0 Å². The Hall–Kier alpha value is -0.300. The molecule has 0 aliphatic rings. The Morgan fingerprint density at radius 2 is 1.50 bits per heavy atom. The highest BCUT2D eigenvalue weighted by molar-refractivity contribution is 4.51. The molecule has 0 spiro atoms. The predicted octanol–water partition coefficient (Wildman–Crippen LogP) is 2.59. The minimum atomic E-state index is 1.17. The zero-order valence-corrected chi connectivity index (χ0v) is 7.61. The van der Waals surface area contributed by atoms with Crippen molar-refractivity contribution in [2.45, 2.75) is 33.6 Å². The predicted molar refractivity (Wildman–Crippen MR) is 49.3 cm³/mol. The molecule has 1 nitrogen and oxygen atoms in total. The highest BCUT2D eigenvalue weighted by Crippen LogP contribution is 1.71. The summed E-state index contributed by atoms with van der Waals surface area (Å²) in [6.07, 6.45) is 4.25. The summed E-state index contributed by atoms with van der Waals surface area (Å²) in [6.45, 7) is 12.0. The van der Waals surface area contributed by atoms with E-state index in [1.54, 1.807) is 6.08 Å². The van der Waals surface area contributed by atoms with Crippen LogP contribution in [0.3, 0.4) is 0 Å². The Morgan fingerprint density at radius 3 is 1.70 bits per heavy atom. The highest BCUT2D eigenvalue weighted by Gasteiger charge is 1.76. The summed E-state index contributed by atoms with van der Waals surface area (Å²) in [5.74, 6) is 0. The summed E-state index contributed by atoms with van der Waals surface area (Å²) in [5.41, 5.74) is 0. The molecule has 0 aromatic rings. The lowest BCUT2D eigenvalue weighted by molar-refractivity contribution is 0.662. The van der Waals surface area contributed by atoms with Gasteiger partial charge in [-0.15, -0.1) is 6.58 Å². The fourth-order valence-corrected chi connectivity index (χ4v) is 0.479. The van der Waals surface area contributed by atoms with Gasteiger partial charge in [-0.25, -0.2) is 0 Å². The largest absolute Gasteiger partial charge is 0.317 e. The van der Waals surface area contributed by atoms with Gasteiger partial charge < -0.3 is 5.32 Å². The molecule has 0 amide bonds. The van der Waals surface area contributed by atoms with E-state index >= 15 is 0 Å². The van der Waals surface area contributed by atoms with Gasteiger partial charge in [0, 0.05) is 0 Å². The van der Waals surface area contributed by atoms with Crippen molar-refractivity contribution in [2.24, 2.45) is 0 Å². The van der Waals surface area contributed by atoms with Gasteiger partial charge in [-0.05, 0) is 32.9 Å². The van der Waals surface area contributed by atoms with Gasteiger partial charge in [0.25, 0.3) is 0 Å². The fourth-order valence-electron chi connectivity index (χ4n) is 0.479. The Morgan fingerprint density at radius 1 is 1.20 bits per heavy atom. The Labute approximate surface area is 65.5 Å². The molecule has 0 aliphatic carbocycles. The molecule has 0 aromatic carbocycles. The summed E-state index contributed by atoms with van der Waals surface area (Å²) < 4.78 is 0. The Bertz CT molecular complexity index is 46.7. The molecule has 0 heterocycles. The SMILES string of the molecule is C=CC.CCCNCCC. The van der Waals surface area contributed by atoms with Crippen LogP contribution in [0.4, 0.5) is 0 Å². The molecular formula is C9H21N. The van der Waals surface area contributed by atoms with E-state index < -0.39 is 0 Å². The van der Waals surface area contributed by atoms with Crippen molar-refractivity contribution in [1.29, 1.82) is 0 Å². The molecule has 0 rings (SSSR count). The third kappa shape index (κ3) is 25.2. The molecule has 62 valence electrons. The average Bonchev–Trinajstić information content (AvgIpc) is 1.91. The monoisotopic (exact) mass is 143 g/mol. The topological polar surface area (TPSA) is 12.0 Å². The molecular weight excluding hydrogens is 122 g/mol. The summed E-state index contributed by atoms with van der Waals surface area (Å²) >= 11 is 0. The van der Waals surface area contributed by atoms with Gasteiger partial charge in [0.05, 0.1) is 0 Å². The van der Waals surface area contributed by atoms with Crippen LogP contribution in [0.1, 0.15) is 33.6 Å². The van der Waals surface area contributed by atoms with Crippen molar-refractivity contribution in [3.63, 3.8) is 0 Å². The maximum Gasteiger partial charge on any atom is -0.00516 e. The number of allylic oxidation sites excluding steroid dienone is 1. The lowest BCUT2D eigenvalue weighted by atomic mass is 10.4. The average molecular weight is 143 g/mol. The van der Waals surface area contributed by atoms with Gasteiger partial charge in [0.1, 0.15) is 0 Å². The molecule has 0 fully saturated rings. The highest BCUT2D eigenvalue weighted by atomic mass is 14.8. The van der Waals surface area contributed by atoms with E-state index in [9.17, 15) is 0 Å². The van der Waals surface area contributed by atoms with Crippen LogP contribution in [-0.4, -0.2) is 13.1 Å². The smallest absolute Gasteiger partial charge is 0.00516 e. The van der Waals surface area contributed by atoms with Crippen molar-refractivity contribution in [3.8, 4) is 0 Å². The maximum atomic E-state index is 3.36. The summed E-state index contributed by atoms with van der Waals surface area (Å²) in [6, 6.07) is 0. The van der Waals surface area contributed by atoms with E-state index in [0.717, 1.165) is 0 Å². The minimum absolute atomic E-state index is 1.17. The molecule has 0 aromatic heterocycles. The van der Waals surface area contributed by atoms with Gasteiger partial charge in [-0.2, -0.15) is 0 Å². The zero-order valence-electron chi connectivity index (χ0n) is 7.61. The lowest BCUT2D eigenvalue weighted by Crippen LogP contribution is -2.14. The number of hydrogen-bond acceptors (Lipinski definition) is 1. The van der Waals surface area contributed by atoms with Crippen molar-refractivity contribution in [2.75, 3.05) is 13.1 Å².